The van der Waals surface area contributed by atoms with Gasteiger partial charge in [-0.1, -0.05) is 19.1 Å². The maximum atomic E-state index is 13.4. The summed E-state index contributed by atoms with van der Waals surface area (Å²) >= 11 is 0. The fraction of sp³-hybridized carbons (Fsp3) is 0.375. The van der Waals surface area contributed by atoms with Crippen LogP contribution < -0.4 is 14.2 Å². The molecule has 1 unspecified atom stereocenters. The lowest BCUT2D eigenvalue weighted by Crippen LogP contribution is -2.28. The second-order valence-electron chi connectivity index (χ2n) is 7.68. The number of ketones is 1. The second-order valence-corrected chi connectivity index (χ2v) is 7.68. The highest BCUT2D eigenvalue weighted by Crippen LogP contribution is 2.37. The van der Waals surface area contributed by atoms with Gasteiger partial charge in [-0.25, -0.2) is 0 Å². The van der Waals surface area contributed by atoms with Crippen LogP contribution in [0.5, 0.6) is 17.2 Å². The molecule has 5 nitrogen and oxygen atoms in total. The van der Waals surface area contributed by atoms with E-state index in [1.807, 2.05) is 63.3 Å². The van der Waals surface area contributed by atoms with Crippen molar-refractivity contribution in [1.29, 1.82) is 0 Å². The molecular weight excluding hydrogens is 368 g/mol. The van der Waals surface area contributed by atoms with Crippen LogP contribution in [0.1, 0.15) is 53.7 Å². The van der Waals surface area contributed by atoms with E-state index in [4.69, 9.17) is 18.9 Å². The van der Waals surface area contributed by atoms with E-state index in [0.29, 0.717) is 23.7 Å². The van der Waals surface area contributed by atoms with Crippen LogP contribution in [0.2, 0.25) is 0 Å². The molecule has 0 N–H and O–H groups in total. The van der Waals surface area contributed by atoms with Crippen molar-refractivity contribution in [3.63, 3.8) is 0 Å². The average molecular weight is 396 g/mol. The van der Waals surface area contributed by atoms with E-state index in [2.05, 4.69) is 0 Å². The third kappa shape index (κ3) is 4.15. The number of ether oxygens (including phenoxy) is 4. The van der Waals surface area contributed by atoms with Crippen LogP contribution in [-0.4, -0.2) is 32.7 Å². The fourth-order valence-corrected chi connectivity index (χ4v) is 3.55. The molecular formula is C24H28O5. The number of carbonyl (C=O) groups excluding carboxylic acids is 1. The Morgan fingerprint density at radius 3 is 2.45 bits per heavy atom. The molecule has 29 heavy (non-hydrogen) atoms. The van der Waals surface area contributed by atoms with Gasteiger partial charge in [-0.2, -0.15) is 0 Å². The smallest absolute Gasteiger partial charge is 0.170 e. The zero-order chi connectivity index (χ0) is 21.2. The molecule has 0 amide bonds. The van der Waals surface area contributed by atoms with Crippen molar-refractivity contribution in [2.24, 2.45) is 0 Å². The van der Waals surface area contributed by atoms with Crippen molar-refractivity contribution < 1.29 is 23.7 Å². The predicted molar refractivity (Wildman–Crippen MR) is 113 cm³/mol. The van der Waals surface area contributed by atoms with Gasteiger partial charge in [0.15, 0.2) is 17.3 Å². The Morgan fingerprint density at radius 1 is 1.07 bits per heavy atom. The van der Waals surface area contributed by atoms with Crippen molar-refractivity contribution in [2.75, 3.05) is 21.3 Å². The molecule has 2 aromatic rings. The molecule has 0 saturated carbocycles. The molecule has 154 valence electrons. The van der Waals surface area contributed by atoms with Crippen molar-refractivity contribution in [1.82, 2.24) is 0 Å². The van der Waals surface area contributed by atoms with Gasteiger partial charge in [-0.15, -0.1) is 0 Å². The van der Waals surface area contributed by atoms with E-state index in [1.165, 1.54) is 0 Å². The van der Waals surface area contributed by atoms with E-state index in [-0.39, 0.29) is 17.3 Å². The number of rotatable bonds is 7. The van der Waals surface area contributed by atoms with E-state index in [0.717, 1.165) is 22.4 Å². The van der Waals surface area contributed by atoms with Crippen LogP contribution >= 0.6 is 0 Å². The van der Waals surface area contributed by atoms with E-state index >= 15 is 0 Å². The molecule has 5 heteroatoms. The van der Waals surface area contributed by atoms with Gasteiger partial charge in [0.05, 0.1) is 20.8 Å². The van der Waals surface area contributed by atoms with Crippen LogP contribution in [0.15, 0.2) is 36.4 Å². The SMILES string of the molecule is COCc1c(C(=O)C(C)c2ccc(OC)c(OC)c2)ccc2c1C=CC(C)(C)O2. The van der Waals surface area contributed by atoms with Gasteiger partial charge in [0.2, 0.25) is 0 Å². The number of Topliss-reactive ketones (excluding diaryl/α,β-unsaturated/α-hetero) is 1. The molecule has 3 rings (SSSR count). The lowest BCUT2D eigenvalue weighted by Gasteiger charge is -2.29. The Labute approximate surface area is 172 Å². The highest BCUT2D eigenvalue weighted by Gasteiger charge is 2.28. The fourth-order valence-electron chi connectivity index (χ4n) is 3.55. The Kier molecular flexibility index (Phi) is 5.99. The lowest BCUT2D eigenvalue weighted by atomic mass is 9.87. The minimum atomic E-state index is -0.379. The third-order valence-electron chi connectivity index (χ3n) is 5.20. The molecule has 1 atom stereocenters. The van der Waals surface area contributed by atoms with Gasteiger partial charge < -0.3 is 18.9 Å². The van der Waals surface area contributed by atoms with Crippen LogP contribution in [0, 0.1) is 0 Å². The number of benzene rings is 2. The van der Waals surface area contributed by atoms with Crippen LogP contribution in [0.3, 0.4) is 0 Å². The van der Waals surface area contributed by atoms with Crippen molar-refractivity contribution in [3.05, 3.63) is 58.7 Å². The largest absolute Gasteiger partial charge is 0.493 e. The summed E-state index contributed by atoms with van der Waals surface area (Å²) < 4.78 is 22.2. The number of hydrogen-bond donors (Lipinski definition) is 0. The molecule has 0 fully saturated rings. The minimum Gasteiger partial charge on any atom is -0.493 e. The Hall–Kier alpha value is -2.79. The molecule has 0 bridgehead atoms. The summed E-state index contributed by atoms with van der Waals surface area (Å²) in [5.74, 6) is 1.67. The molecule has 0 saturated heterocycles. The average Bonchev–Trinajstić information content (AvgIpc) is 2.71. The first-order valence-corrected chi connectivity index (χ1v) is 9.60. The first-order chi connectivity index (χ1) is 13.8. The summed E-state index contributed by atoms with van der Waals surface area (Å²) in [5, 5.41) is 0. The summed E-state index contributed by atoms with van der Waals surface area (Å²) in [6.45, 7) is 6.23. The first-order valence-electron chi connectivity index (χ1n) is 9.60. The topological polar surface area (TPSA) is 54.0 Å². The zero-order valence-electron chi connectivity index (χ0n) is 17.9. The van der Waals surface area contributed by atoms with Crippen molar-refractivity contribution in [2.45, 2.75) is 38.9 Å². The van der Waals surface area contributed by atoms with Crippen molar-refractivity contribution >= 4 is 11.9 Å². The summed E-state index contributed by atoms with van der Waals surface area (Å²) in [6, 6.07) is 9.26. The maximum absolute atomic E-state index is 13.4. The molecule has 0 aromatic heterocycles. The van der Waals surface area contributed by atoms with Crippen LogP contribution in [0.25, 0.3) is 6.08 Å². The van der Waals surface area contributed by atoms with Gasteiger partial charge >= 0.3 is 0 Å². The van der Waals surface area contributed by atoms with Crippen LogP contribution in [0.4, 0.5) is 0 Å². The normalized spacial score (nSPS) is 15.2. The van der Waals surface area contributed by atoms with Gasteiger partial charge in [-0.3, -0.25) is 4.79 Å². The van der Waals surface area contributed by atoms with Gasteiger partial charge in [-0.05, 0) is 55.3 Å². The Balaban J connectivity index is 2.01. The number of methoxy groups -OCH3 is 3. The summed E-state index contributed by atoms with van der Waals surface area (Å²) in [4.78, 5) is 13.4. The minimum absolute atomic E-state index is 0.0188. The zero-order valence-corrected chi connectivity index (χ0v) is 17.9. The molecule has 2 aromatic carbocycles. The molecule has 1 aliphatic heterocycles. The van der Waals surface area contributed by atoms with Gasteiger partial charge in [0.1, 0.15) is 11.4 Å². The molecule has 0 radical (unpaired) electrons. The van der Waals surface area contributed by atoms with E-state index in [9.17, 15) is 4.79 Å². The monoisotopic (exact) mass is 396 g/mol. The first kappa shape index (κ1) is 20.9. The second kappa shape index (κ2) is 8.29. The molecule has 0 aliphatic carbocycles. The molecule has 0 spiro atoms. The third-order valence-corrected chi connectivity index (χ3v) is 5.20. The quantitative estimate of drug-likeness (QED) is 0.615. The Morgan fingerprint density at radius 2 is 1.79 bits per heavy atom. The molecule has 1 heterocycles. The Bertz CT molecular complexity index is 943. The van der Waals surface area contributed by atoms with Crippen LogP contribution in [-0.2, 0) is 11.3 Å². The van der Waals surface area contributed by atoms with E-state index < -0.39 is 0 Å². The predicted octanol–water partition coefficient (Wildman–Crippen LogP) is 5.02. The van der Waals surface area contributed by atoms with Crippen molar-refractivity contribution in [3.8, 4) is 17.2 Å². The van der Waals surface area contributed by atoms with E-state index in [1.54, 1.807) is 21.3 Å². The maximum Gasteiger partial charge on any atom is 0.170 e. The van der Waals surface area contributed by atoms with Gasteiger partial charge in [0, 0.05) is 24.2 Å². The standard InChI is InChI=1S/C24H28O5/c1-15(16-7-9-21(27-5)22(13-16)28-6)23(25)18-8-10-20-17(19(18)14-26-4)11-12-24(2,3)29-20/h7-13,15H,14H2,1-6H3. The summed E-state index contributed by atoms with van der Waals surface area (Å²) in [7, 11) is 4.80. The lowest BCUT2D eigenvalue weighted by molar-refractivity contribution is 0.0960. The number of hydrogen-bond acceptors (Lipinski definition) is 5. The summed E-state index contributed by atoms with van der Waals surface area (Å²) in [6.07, 6.45) is 4.02. The van der Waals surface area contributed by atoms with Gasteiger partial charge in [0.25, 0.3) is 0 Å². The highest BCUT2D eigenvalue weighted by molar-refractivity contribution is 6.03. The highest BCUT2D eigenvalue weighted by atomic mass is 16.5. The number of fused-ring (bicyclic) bond motifs is 1. The molecule has 1 aliphatic rings. The summed E-state index contributed by atoms with van der Waals surface area (Å²) in [5.41, 5.74) is 2.86. The number of carbonyl (C=O) groups is 1.